The minimum atomic E-state index is -0.759. The molecule has 0 radical (unpaired) electrons. The summed E-state index contributed by atoms with van der Waals surface area (Å²) in [4.78, 5) is 28.1. The second kappa shape index (κ2) is 7.71. The van der Waals surface area contributed by atoms with Crippen LogP contribution in [0.2, 0.25) is 0 Å². The lowest BCUT2D eigenvalue weighted by Crippen LogP contribution is -2.10. The maximum Gasteiger partial charge on any atom is 0.237 e. The molecule has 0 aliphatic carbocycles. The first-order chi connectivity index (χ1) is 10.3. The van der Waals surface area contributed by atoms with Crippen molar-refractivity contribution in [2.45, 2.75) is 18.5 Å². The predicted molar refractivity (Wildman–Crippen MR) is 79.4 cm³/mol. The van der Waals surface area contributed by atoms with Gasteiger partial charge in [-0.15, -0.1) is 0 Å². The third-order valence-corrected chi connectivity index (χ3v) is 3.25. The fraction of sp³-hybridized carbons (Fsp3) is 0.176. The van der Waals surface area contributed by atoms with Crippen molar-refractivity contribution in [1.82, 2.24) is 0 Å². The Hall–Kier alpha value is -2.80. The highest BCUT2D eigenvalue weighted by molar-refractivity contribution is 5.38. The first-order valence-corrected chi connectivity index (χ1v) is 6.59. The van der Waals surface area contributed by atoms with Crippen LogP contribution in [0.15, 0.2) is 70.6 Å². The van der Waals surface area contributed by atoms with E-state index < -0.39 is 6.17 Å². The van der Waals surface area contributed by atoms with Gasteiger partial charge in [0, 0.05) is 12.3 Å². The minimum Gasteiger partial charge on any atom is -0.211 e. The molecule has 0 unspecified atom stereocenters. The number of nitrogens with zero attached hydrogens (tertiary/aromatic N) is 2. The van der Waals surface area contributed by atoms with E-state index in [4.69, 9.17) is 0 Å². The van der Waals surface area contributed by atoms with Gasteiger partial charge in [0.1, 0.15) is 0 Å². The predicted octanol–water partition coefficient (Wildman–Crippen LogP) is 3.21. The van der Waals surface area contributed by atoms with Crippen molar-refractivity contribution >= 4 is 12.2 Å². The quantitative estimate of drug-likeness (QED) is 0.601. The summed E-state index contributed by atoms with van der Waals surface area (Å²) in [5.74, 6) is -0.00778. The summed E-state index contributed by atoms with van der Waals surface area (Å²) in [6.07, 6.45) is 2.58. The summed E-state index contributed by atoms with van der Waals surface area (Å²) in [6, 6.07) is 19.7. The molecule has 0 N–H and O–H groups in total. The lowest BCUT2D eigenvalue weighted by atomic mass is 9.88. The highest BCUT2D eigenvalue weighted by Crippen LogP contribution is 2.30. The zero-order valence-electron chi connectivity index (χ0n) is 11.3. The monoisotopic (exact) mass is 278 g/mol. The van der Waals surface area contributed by atoms with Crippen LogP contribution in [0.1, 0.15) is 23.5 Å². The third-order valence-electron chi connectivity index (χ3n) is 3.25. The van der Waals surface area contributed by atoms with Gasteiger partial charge in [-0.2, -0.15) is 9.98 Å². The Morgan fingerprint density at radius 3 is 1.57 bits per heavy atom. The van der Waals surface area contributed by atoms with Gasteiger partial charge in [0.2, 0.25) is 12.2 Å². The molecule has 0 atom stereocenters. The standard InChI is InChI=1S/C17H14N2O2/c20-12-18-17(19-13-21)11-16(14-7-3-1-4-8-14)15-9-5-2-6-10-15/h1-10,16-17H,11H2. The van der Waals surface area contributed by atoms with E-state index in [9.17, 15) is 9.59 Å². The normalized spacial score (nSPS) is 11.3. The van der Waals surface area contributed by atoms with Crippen LogP contribution in [0.5, 0.6) is 0 Å². The van der Waals surface area contributed by atoms with E-state index in [2.05, 4.69) is 9.98 Å². The van der Waals surface area contributed by atoms with E-state index in [-0.39, 0.29) is 5.92 Å². The van der Waals surface area contributed by atoms with Crippen molar-refractivity contribution in [2.24, 2.45) is 9.98 Å². The van der Waals surface area contributed by atoms with Crippen LogP contribution in [0.25, 0.3) is 0 Å². The molecule has 0 fully saturated rings. The summed E-state index contributed by atoms with van der Waals surface area (Å²) < 4.78 is 0. The molecule has 2 aromatic carbocycles. The lowest BCUT2D eigenvalue weighted by molar-refractivity contribution is 0.533. The molecule has 0 amide bonds. The Kier molecular flexibility index (Phi) is 5.36. The third kappa shape index (κ3) is 4.08. The van der Waals surface area contributed by atoms with Gasteiger partial charge in [-0.25, -0.2) is 9.59 Å². The fourth-order valence-electron chi connectivity index (χ4n) is 2.30. The molecule has 0 saturated heterocycles. The highest BCUT2D eigenvalue weighted by Gasteiger charge is 2.19. The van der Waals surface area contributed by atoms with Crippen LogP contribution >= 0.6 is 0 Å². The smallest absolute Gasteiger partial charge is 0.211 e. The highest BCUT2D eigenvalue weighted by atomic mass is 16.1. The van der Waals surface area contributed by atoms with Crippen molar-refractivity contribution in [3.05, 3.63) is 71.8 Å². The summed E-state index contributed by atoms with van der Waals surface area (Å²) in [5, 5.41) is 0. The Labute approximate surface area is 122 Å². The van der Waals surface area contributed by atoms with Crippen LogP contribution in [0.3, 0.4) is 0 Å². The van der Waals surface area contributed by atoms with E-state index in [1.54, 1.807) is 0 Å². The number of aliphatic imine (C=N–C) groups is 2. The summed E-state index contributed by atoms with van der Waals surface area (Å²) in [6.45, 7) is 0. The molecule has 0 spiro atoms. The van der Waals surface area contributed by atoms with Crippen molar-refractivity contribution < 1.29 is 9.59 Å². The molecule has 4 nitrogen and oxygen atoms in total. The zero-order chi connectivity index (χ0) is 14.9. The number of isocyanates is 2. The summed E-state index contributed by atoms with van der Waals surface area (Å²) in [5.41, 5.74) is 2.16. The number of hydrogen-bond acceptors (Lipinski definition) is 4. The van der Waals surface area contributed by atoms with Gasteiger partial charge >= 0.3 is 0 Å². The Bertz CT molecular complexity index is 600. The van der Waals surface area contributed by atoms with E-state index in [1.807, 2.05) is 60.7 Å². The van der Waals surface area contributed by atoms with Crippen molar-refractivity contribution in [1.29, 1.82) is 0 Å². The first kappa shape index (κ1) is 14.6. The fourth-order valence-corrected chi connectivity index (χ4v) is 2.30. The SMILES string of the molecule is O=C=NC(CC(c1ccccc1)c1ccccc1)N=C=O. The zero-order valence-corrected chi connectivity index (χ0v) is 11.3. The number of carbonyl (C=O) groups excluding carboxylic acids is 2. The largest absolute Gasteiger partial charge is 0.237 e. The van der Waals surface area contributed by atoms with E-state index in [0.717, 1.165) is 11.1 Å². The summed E-state index contributed by atoms with van der Waals surface area (Å²) >= 11 is 0. The lowest BCUT2D eigenvalue weighted by Gasteiger charge is -2.19. The molecular weight excluding hydrogens is 264 g/mol. The van der Waals surface area contributed by atoms with Crippen molar-refractivity contribution in [2.75, 3.05) is 0 Å². The number of benzene rings is 2. The second-order valence-corrected chi connectivity index (χ2v) is 4.53. The number of hydrogen-bond donors (Lipinski definition) is 0. The molecule has 21 heavy (non-hydrogen) atoms. The molecule has 0 aliphatic heterocycles. The Morgan fingerprint density at radius 1 is 0.762 bits per heavy atom. The molecule has 104 valence electrons. The Morgan fingerprint density at radius 2 is 1.19 bits per heavy atom. The van der Waals surface area contributed by atoms with Crippen LogP contribution in [-0.4, -0.2) is 18.3 Å². The minimum absolute atomic E-state index is 0.00778. The van der Waals surface area contributed by atoms with Gasteiger partial charge in [0.05, 0.1) is 0 Å². The molecule has 0 aromatic heterocycles. The number of rotatable bonds is 6. The van der Waals surface area contributed by atoms with Crippen molar-refractivity contribution in [3.8, 4) is 0 Å². The van der Waals surface area contributed by atoms with Gasteiger partial charge in [-0.05, 0) is 11.1 Å². The van der Waals surface area contributed by atoms with Gasteiger partial charge in [-0.3, -0.25) is 0 Å². The summed E-state index contributed by atoms with van der Waals surface area (Å²) in [7, 11) is 0. The van der Waals surface area contributed by atoms with E-state index >= 15 is 0 Å². The van der Waals surface area contributed by atoms with Crippen LogP contribution < -0.4 is 0 Å². The average molecular weight is 278 g/mol. The second-order valence-electron chi connectivity index (χ2n) is 4.53. The molecular formula is C17H14N2O2. The van der Waals surface area contributed by atoms with Gasteiger partial charge in [-0.1, -0.05) is 60.7 Å². The van der Waals surface area contributed by atoms with Gasteiger partial charge in [0.25, 0.3) is 0 Å². The molecule has 2 rings (SSSR count). The molecule has 0 bridgehead atoms. The van der Waals surface area contributed by atoms with Gasteiger partial charge in [0.15, 0.2) is 6.17 Å². The van der Waals surface area contributed by atoms with Crippen LogP contribution in [0.4, 0.5) is 0 Å². The average Bonchev–Trinajstić information content (AvgIpc) is 2.54. The molecule has 4 heteroatoms. The maximum atomic E-state index is 10.5. The molecule has 0 heterocycles. The Balaban J connectivity index is 2.37. The maximum absolute atomic E-state index is 10.5. The molecule has 0 aliphatic rings. The molecule has 0 saturated carbocycles. The van der Waals surface area contributed by atoms with Gasteiger partial charge < -0.3 is 0 Å². The van der Waals surface area contributed by atoms with E-state index in [1.165, 1.54) is 12.2 Å². The van der Waals surface area contributed by atoms with Crippen LogP contribution in [-0.2, 0) is 9.59 Å². The van der Waals surface area contributed by atoms with Crippen molar-refractivity contribution in [3.63, 3.8) is 0 Å². The van der Waals surface area contributed by atoms with E-state index in [0.29, 0.717) is 6.42 Å². The topological polar surface area (TPSA) is 58.9 Å². The van der Waals surface area contributed by atoms with Crippen LogP contribution in [0, 0.1) is 0 Å². The first-order valence-electron chi connectivity index (χ1n) is 6.59. The molecule has 2 aromatic rings.